The van der Waals surface area contributed by atoms with E-state index in [4.69, 9.17) is 29.1 Å². The van der Waals surface area contributed by atoms with Crippen molar-refractivity contribution in [1.82, 2.24) is 9.78 Å². The number of hydrogen-bond donors (Lipinski definition) is 1. The Morgan fingerprint density at radius 3 is 2.78 bits per heavy atom. The van der Waals surface area contributed by atoms with Gasteiger partial charge in [-0.1, -0.05) is 34.7 Å². The predicted octanol–water partition coefficient (Wildman–Crippen LogP) is 2.87. The normalized spacial score (nSPS) is 11.7. The summed E-state index contributed by atoms with van der Waals surface area (Å²) >= 11 is 13.7. The van der Waals surface area contributed by atoms with Gasteiger partial charge in [-0.2, -0.15) is 5.26 Å². The van der Waals surface area contributed by atoms with E-state index in [1.165, 1.54) is 23.1 Å². The Morgan fingerprint density at radius 2 is 2.22 bits per heavy atom. The molecule has 23 heavy (non-hydrogen) atoms. The highest BCUT2D eigenvalue weighted by atomic mass is 35.5. The highest BCUT2D eigenvalue weighted by molar-refractivity contribution is 8.01. The molecule has 0 aliphatic heterocycles. The fraction of sp³-hybridized carbons (Fsp3) is 0.143. The molecule has 0 bridgehead atoms. The van der Waals surface area contributed by atoms with Crippen LogP contribution in [0.1, 0.15) is 0 Å². The number of carbonyl (C=O) groups excluding carboxylic acids is 1. The van der Waals surface area contributed by atoms with Gasteiger partial charge in [0, 0.05) is 5.02 Å². The standard InChI is InChI=1S/C14H11ClN4OS3/c1-8(17)11(6-16)12(20)7-22-13-18-19(14(21)23-13)10-4-2-9(15)3-5-10/h2-5,11H,1,7,17H2/p+1/t11-/m1/s1. The number of rotatable bonds is 6. The Morgan fingerprint density at radius 1 is 1.57 bits per heavy atom. The SMILES string of the molecule is C=C([NH3+])[C@@H](C#N)C(=O)CSc1nn(-c2ccc(Cl)cc2)c(=S)s1. The van der Waals surface area contributed by atoms with Crippen LogP contribution in [0.3, 0.4) is 0 Å². The van der Waals surface area contributed by atoms with Gasteiger partial charge >= 0.3 is 0 Å². The average Bonchev–Trinajstić information content (AvgIpc) is 2.87. The zero-order chi connectivity index (χ0) is 17.0. The second-order valence-electron chi connectivity index (χ2n) is 4.50. The van der Waals surface area contributed by atoms with Crippen molar-refractivity contribution >= 4 is 52.7 Å². The number of halogens is 1. The van der Waals surface area contributed by atoms with Crippen molar-refractivity contribution in [2.24, 2.45) is 5.92 Å². The topological polar surface area (TPSA) is 86.3 Å². The molecule has 0 aliphatic rings. The summed E-state index contributed by atoms with van der Waals surface area (Å²) in [5, 5.41) is 14.0. The Balaban J connectivity index is 2.12. The zero-order valence-corrected chi connectivity index (χ0v) is 15.1. The second-order valence-corrected chi connectivity index (χ2v) is 7.78. The van der Waals surface area contributed by atoms with Gasteiger partial charge < -0.3 is 5.73 Å². The van der Waals surface area contributed by atoms with E-state index in [2.05, 4.69) is 17.4 Å². The molecule has 1 aromatic heterocycles. The van der Waals surface area contributed by atoms with Crippen LogP contribution in [-0.2, 0) is 4.79 Å². The van der Waals surface area contributed by atoms with E-state index in [1.807, 2.05) is 18.2 Å². The van der Waals surface area contributed by atoms with E-state index < -0.39 is 5.92 Å². The number of thioether (sulfide) groups is 1. The lowest BCUT2D eigenvalue weighted by Gasteiger charge is -2.03. The van der Waals surface area contributed by atoms with Gasteiger partial charge in [0.15, 0.2) is 20.0 Å². The largest absolute Gasteiger partial charge is 0.328 e. The molecule has 0 unspecified atom stereocenters. The van der Waals surface area contributed by atoms with Crippen LogP contribution in [0, 0.1) is 21.2 Å². The fourth-order valence-electron chi connectivity index (χ4n) is 1.67. The number of nitrogens with zero attached hydrogens (tertiary/aromatic N) is 3. The number of quaternary nitrogens is 1. The fourth-order valence-corrected chi connectivity index (χ4v) is 4.06. The van der Waals surface area contributed by atoms with Gasteiger partial charge in [-0.05, 0) is 43.1 Å². The molecular weight excluding hydrogens is 372 g/mol. The lowest BCUT2D eigenvalue weighted by Crippen LogP contribution is -2.51. The van der Waals surface area contributed by atoms with Gasteiger partial charge in [0.25, 0.3) is 0 Å². The molecule has 2 aromatic rings. The Labute approximate surface area is 151 Å². The summed E-state index contributed by atoms with van der Waals surface area (Å²) in [7, 11) is 0. The molecule has 9 heteroatoms. The monoisotopic (exact) mass is 383 g/mol. The third-order valence-corrected chi connectivity index (χ3v) is 5.44. The summed E-state index contributed by atoms with van der Waals surface area (Å²) in [6, 6.07) is 9.05. The minimum absolute atomic E-state index is 0.121. The van der Waals surface area contributed by atoms with Gasteiger partial charge in [-0.15, -0.1) is 5.10 Å². The van der Waals surface area contributed by atoms with Crippen LogP contribution in [-0.4, -0.2) is 21.3 Å². The van der Waals surface area contributed by atoms with Crippen LogP contribution in [0.4, 0.5) is 0 Å². The molecule has 0 aliphatic carbocycles. The first-order valence-electron chi connectivity index (χ1n) is 6.34. The highest BCUT2D eigenvalue weighted by Crippen LogP contribution is 2.25. The number of hydrogen-bond acceptors (Lipinski definition) is 6. The van der Waals surface area contributed by atoms with Crippen molar-refractivity contribution in [3.63, 3.8) is 0 Å². The molecule has 0 radical (unpaired) electrons. The zero-order valence-electron chi connectivity index (χ0n) is 11.9. The first-order chi connectivity index (χ1) is 10.9. The maximum atomic E-state index is 12.0. The number of allylic oxidation sites excluding steroid dienone is 1. The molecular formula is C14H12ClN4OS3+. The van der Waals surface area contributed by atoms with E-state index in [0.29, 0.717) is 19.0 Å². The summed E-state index contributed by atoms with van der Waals surface area (Å²) in [4.78, 5) is 12.0. The molecule has 1 atom stereocenters. The first kappa shape index (κ1) is 17.8. The number of benzene rings is 1. The number of aromatic nitrogens is 2. The van der Waals surface area contributed by atoms with Crippen molar-refractivity contribution in [2.75, 3.05) is 5.75 Å². The lowest BCUT2D eigenvalue weighted by molar-refractivity contribution is -0.309. The van der Waals surface area contributed by atoms with Crippen LogP contribution in [0.5, 0.6) is 0 Å². The summed E-state index contributed by atoms with van der Waals surface area (Å²) in [6.07, 6.45) is 0. The molecule has 0 saturated heterocycles. The van der Waals surface area contributed by atoms with E-state index in [1.54, 1.807) is 16.8 Å². The number of carbonyl (C=O) groups is 1. The van der Waals surface area contributed by atoms with Crippen LogP contribution in [0.25, 0.3) is 5.69 Å². The minimum atomic E-state index is -0.881. The van der Waals surface area contributed by atoms with E-state index in [0.717, 1.165) is 5.69 Å². The Bertz CT molecular complexity index is 835. The molecule has 1 heterocycles. The molecule has 0 spiro atoms. The maximum absolute atomic E-state index is 12.0. The van der Waals surface area contributed by atoms with Crippen LogP contribution >= 0.6 is 46.9 Å². The summed E-state index contributed by atoms with van der Waals surface area (Å²) in [5.74, 6) is -0.999. The maximum Gasteiger partial charge on any atom is 0.184 e. The van der Waals surface area contributed by atoms with E-state index >= 15 is 0 Å². The van der Waals surface area contributed by atoms with Gasteiger partial charge in [0.05, 0.1) is 17.5 Å². The molecule has 2 rings (SSSR count). The number of Topliss-reactive ketones (excluding diaryl/α,β-unsaturated/α-hetero) is 1. The van der Waals surface area contributed by atoms with Crippen LogP contribution < -0.4 is 5.73 Å². The van der Waals surface area contributed by atoms with Crippen LogP contribution in [0.15, 0.2) is 40.9 Å². The van der Waals surface area contributed by atoms with Crippen molar-refractivity contribution < 1.29 is 10.5 Å². The molecule has 0 saturated carbocycles. The number of nitriles is 1. The first-order valence-corrected chi connectivity index (χ1v) is 8.93. The highest BCUT2D eigenvalue weighted by Gasteiger charge is 2.22. The van der Waals surface area contributed by atoms with Gasteiger partial charge in [-0.3, -0.25) is 4.79 Å². The molecule has 3 N–H and O–H groups in total. The Kier molecular flexibility index (Phi) is 6.10. The van der Waals surface area contributed by atoms with Gasteiger partial charge in [0.2, 0.25) is 0 Å². The smallest absolute Gasteiger partial charge is 0.184 e. The molecule has 1 aromatic carbocycles. The van der Waals surface area contributed by atoms with E-state index in [-0.39, 0.29) is 11.5 Å². The summed E-state index contributed by atoms with van der Waals surface area (Å²) in [5.41, 5.74) is 4.66. The second kappa shape index (κ2) is 7.86. The van der Waals surface area contributed by atoms with Gasteiger partial charge in [-0.25, -0.2) is 4.68 Å². The van der Waals surface area contributed by atoms with Crippen molar-refractivity contribution in [2.45, 2.75) is 4.34 Å². The number of ketones is 1. The predicted molar refractivity (Wildman–Crippen MR) is 94.1 cm³/mol. The third-order valence-electron chi connectivity index (χ3n) is 2.80. The molecule has 0 amide bonds. The molecule has 118 valence electrons. The summed E-state index contributed by atoms with van der Waals surface area (Å²) < 4.78 is 2.84. The molecule has 5 nitrogen and oxygen atoms in total. The van der Waals surface area contributed by atoms with Crippen molar-refractivity contribution in [3.8, 4) is 11.8 Å². The van der Waals surface area contributed by atoms with E-state index in [9.17, 15) is 4.79 Å². The third kappa shape index (κ3) is 4.50. The van der Waals surface area contributed by atoms with Crippen molar-refractivity contribution in [1.29, 1.82) is 5.26 Å². The summed E-state index contributed by atoms with van der Waals surface area (Å²) in [6.45, 7) is 3.56. The Hall–Kier alpha value is -1.50. The molecule has 0 fully saturated rings. The lowest BCUT2D eigenvalue weighted by atomic mass is 10.1. The van der Waals surface area contributed by atoms with Gasteiger partial charge in [0.1, 0.15) is 5.70 Å². The average molecular weight is 384 g/mol. The van der Waals surface area contributed by atoms with Crippen LogP contribution in [0.2, 0.25) is 5.02 Å². The quantitative estimate of drug-likeness (QED) is 0.612. The minimum Gasteiger partial charge on any atom is -0.328 e. The van der Waals surface area contributed by atoms with Crippen molar-refractivity contribution in [3.05, 3.63) is 45.5 Å².